The average Bonchev–Trinajstić information content (AvgIpc) is 3.38. The van der Waals surface area contributed by atoms with E-state index in [1.807, 2.05) is 30.5 Å². The van der Waals surface area contributed by atoms with Crippen LogP contribution in [-0.4, -0.2) is 51.5 Å². The molecule has 11 heteroatoms. The number of para-hydroxylation sites is 1. The third-order valence-electron chi connectivity index (χ3n) is 6.37. The Hall–Kier alpha value is -2.49. The first kappa shape index (κ1) is 24.6. The number of hydrogen-bond acceptors (Lipinski definition) is 5. The van der Waals surface area contributed by atoms with Crippen molar-refractivity contribution in [3.05, 3.63) is 41.7 Å². The van der Waals surface area contributed by atoms with Crippen molar-refractivity contribution in [3.63, 3.8) is 0 Å². The molecule has 3 aromatic rings. The molecule has 7 nitrogen and oxygen atoms in total. The summed E-state index contributed by atoms with van der Waals surface area (Å²) in [5, 5.41) is 10.4. The second-order valence-corrected chi connectivity index (χ2v) is 9.25. The number of nitrogens with one attached hydrogen (secondary N) is 4. The first-order valence-electron chi connectivity index (χ1n) is 11.2. The quantitative estimate of drug-likeness (QED) is 0.404. The third-order valence-corrected chi connectivity index (χ3v) is 6.65. The van der Waals surface area contributed by atoms with Crippen LogP contribution in [0.5, 0.6) is 0 Å². The smallest absolute Gasteiger partial charge is 0.262 e. The number of carbonyl (C=O) groups is 1. The molecule has 2 aliphatic rings. The number of benzene rings is 1. The van der Waals surface area contributed by atoms with E-state index in [0.717, 1.165) is 35.7 Å². The van der Waals surface area contributed by atoms with Crippen LogP contribution in [0.15, 0.2) is 36.7 Å². The first-order chi connectivity index (χ1) is 15.9. The Morgan fingerprint density at radius 1 is 1.21 bits per heavy atom. The number of amides is 1. The van der Waals surface area contributed by atoms with Crippen LogP contribution in [0.1, 0.15) is 32.1 Å². The molecule has 0 radical (unpaired) electrons. The summed E-state index contributed by atoms with van der Waals surface area (Å²) in [6.45, 7) is -0.452. The highest BCUT2D eigenvalue weighted by Crippen LogP contribution is 2.33. The van der Waals surface area contributed by atoms with Gasteiger partial charge >= 0.3 is 0 Å². The normalized spacial score (nSPS) is 23.9. The fourth-order valence-corrected chi connectivity index (χ4v) is 4.92. The van der Waals surface area contributed by atoms with Crippen molar-refractivity contribution in [2.45, 2.75) is 56.2 Å². The molecule has 2 aromatic heterocycles. The van der Waals surface area contributed by atoms with Crippen LogP contribution in [0.4, 0.5) is 14.7 Å². The lowest BCUT2D eigenvalue weighted by Gasteiger charge is -2.31. The van der Waals surface area contributed by atoms with E-state index >= 15 is 0 Å². The highest BCUT2D eigenvalue weighted by Gasteiger charge is 2.42. The molecular formula is C23H26Cl2F2N6O. The number of anilines is 1. The highest BCUT2D eigenvalue weighted by molar-refractivity contribution is 6.33. The van der Waals surface area contributed by atoms with Crippen molar-refractivity contribution >= 4 is 46.8 Å². The molecule has 0 spiro atoms. The molecule has 1 aliphatic heterocycles. The summed E-state index contributed by atoms with van der Waals surface area (Å²) in [5.41, 5.74) is 2.54. The van der Waals surface area contributed by atoms with Crippen LogP contribution in [0, 0.1) is 0 Å². The lowest BCUT2D eigenvalue weighted by atomic mass is 9.90. The third kappa shape index (κ3) is 5.26. The van der Waals surface area contributed by atoms with E-state index in [2.05, 4.69) is 30.9 Å². The maximum Gasteiger partial charge on any atom is 0.262 e. The Labute approximate surface area is 206 Å². The lowest BCUT2D eigenvalue weighted by Crippen LogP contribution is -2.48. The second kappa shape index (κ2) is 10.0. The SMILES string of the molecule is Cl.O=C(N[C@H]1CCC[C@@H](Nc2ncc(Cl)c(-c3c[nH]c4ccccc34)n2)C1)[C@H]1CC(F)(F)CN1. The number of halogens is 4. The molecular weight excluding hydrogens is 485 g/mol. The van der Waals surface area contributed by atoms with E-state index in [9.17, 15) is 13.6 Å². The molecule has 0 bridgehead atoms. The van der Waals surface area contributed by atoms with E-state index in [1.54, 1.807) is 6.20 Å². The highest BCUT2D eigenvalue weighted by atomic mass is 35.5. The van der Waals surface area contributed by atoms with Crippen molar-refractivity contribution in [1.82, 2.24) is 25.6 Å². The van der Waals surface area contributed by atoms with Crippen molar-refractivity contribution in [2.75, 3.05) is 11.9 Å². The van der Waals surface area contributed by atoms with E-state index < -0.39 is 24.9 Å². The molecule has 5 rings (SSSR count). The van der Waals surface area contributed by atoms with Gasteiger partial charge in [-0.3, -0.25) is 10.1 Å². The Balaban J connectivity index is 0.00000274. The number of aromatic amines is 1. The van der Waals surface area contributed by atoms with Gasteiger partial charge in [0.2, 0.25) is 11.9 Å². The Kier molecular flexibility index (Phi) is 7.25. The van der Waals surface area contributed by atoms with Crippen molar-refractivity contribution in [3.8, 4) is 11.3 Å². The average molecular weight is 511 g/mol. The number of carbonyl (C=O) groups excluding carboxylic acids is 1. The monoisotopic (exact) mass is 510 g/mol. The van der Waals surface area contributed by atoms with E-state index in [1.165, 1.54) is 0 Å². The maximum absolute atomic E-state index is 13.4. The summed E-state index contributed by atoms with van der Waals surface area (Å²) >= 11 is 6.42. The van der Waals surface area contributed by atoms with E-state index in [-0.39, 0.29) is 30.4 Å². The van der Waals surface area contributed by atoms with Crippen LogP contribution in [0.25, 0.3) is 22.2 Å². The van der Waals surface area contributed by atoms with Gasteiger partial charge in [-0.05, 0) is 31.7 Å². The molecule has 182 valence electrons. The predicted octanol–water partition coefficient (Wildman–Crippen LogP) is 4.54. The van der Waals surface area contributed by atoms with Gasteiger partial charge in [-0.15, -0.1) is 12.4 Å². The Morgan fingerprint density at radius 3 is 2.79 bits per heavy atom. The maximum atomic E-state index is 13.4. The molecule has 34 heavy (non-hydrogen) atoms. The zero-order valence-electron chi connectivity index (χ0n) is 18.3. The van der Waals surface area contributed by atoms with Gasteiger partial charge < -0.3 is 15.6 Å². The summed E-state index contributed by atoms with van der Waals surface area (Å²) in [6.07, 6.45) is 6.30. The van der Waals surface area contributed by atoms with Crippen molar-refractivity contribution in [1.29, 1.82) is 0 Å². The van der Waals surface area contributed by atoms with Gasteiger partial charge in [-0.25, -0.2) is 18.7 Å². The Bertz CT molecular complexity index is 1170. The predicted molar refractivity (Wildman–Crippen MR) is 131 cm³/mol. The molecule has 1 amide bonds. The summed E-state index contributed by atoms with van der Waals surface area (Å²) in [5.74, 6) is -2.72. The van der Waals surface area contributed by atoms with Gasteiger partial charge in [-0.1, -0.05) is 29.8 Å². The van der Waals surface area contributed by atoms with E-state index in [4.69, 9.17) is 11.6 Å². The fourth-order valence-electron chi connectivity index (χ4n) is 4.73. The molecule has 1 aromatic carbocycles. The molecule has 0 unspecified atom stereocenters. The summed E-state index contributed by atoms with van der Waals surface area (Å²) in [7, 11) is 0. The topological polar surface area (TPSA) is 94.7 Å². The number of fused-ring (bicyclic) bond motifs is 1. The second-order valence-electron chi connectivity index (χ2n) is 8.85. The Morgan fingerprint density at radius 2 is 2.00 bits per heavy atom. The minimum Gasteiger partial charge on any atom is -0.360 e. The van der Waals surface area contributed by atoms with Gasteiger partial charge in [0.25, 0.3) is 5.92 Å². The standard InChI is InChI=1S/C23H25ClF2N6O.ClH/c24-17-11-28-22(32-20(17)16-10-27-18-7-2-1-6-15(16)18)31-14-5-3-4-13(8-14)30-21(33)19-9-23(25,26)12-29-19;/h1-2,6-7,10-11,13-14,19,27,29H,3-5,8-9,12H2,(H,30,33)(H,28,31,32);1H/t13-,14+,19+;/m0./s1. The number of hydrogen-bond donors (Lipinski definition) is 4. The molecule has 1 saturated heterocycles. The van der Waals surface area contributed by atoms with E-state index in [0.29, 0.717) is 23.1 Å². The van der Waals surface area contributed by atoms with Crippen LogP contribution in [0.2, 0.25) is 5.02 Å². The zero-order chi connectivity index (χ0) is 23.0. The first-order valence-corrected chi connectivity index (χ1v) is 11.5. The number of rotatable bonds is 5. The van der Waals surface area contributed by atoms with Gasteiger partial charge in [0.15, 0.2) is 0 Å². The molecule has 4 N–H and O–H groups in total. The molecule has 3 heterocycles. The van der Waals surface area contributed by atoms with Gasteiger partial charge in [0.1, 0.15) is 0 Å². The molecule has 1 saturated carbocycles. The number of aromatic nitrogens is 3. The van der Waals surface area contributed by atoms with Gasteiger partial charge in [0, 0.05) is 41.2 Å². The number of nitrogens with zero attached hydrogens (tertiary/aromatic N) is 2. The van der Waals surface area contributed by atoms with Crippen LogP contribution in [-0.2, 0) is 4.79 Å². The zero-order valence-corrected chi connectivity index (χ0v) is 19.9. The largest absolute Gasteiger partial charge is 0.360 e. The minimum atomic E-state index is -2.83. The number of alkyl halides is 2. The fraction of sp³-hybridized carbons (Fsp3) is 0.435. The molecule has 2 fully saturated rings. The summed E-state index contributed by atoms with van der Waals surface area (Å²) in [4.78, 5) is 24.7. The van der Waals surface area contributed by atoms with Crippen LogP contribution >= 0.6 is 24.0 Å². The summed E-state index contributed by atoms with van der Waals surface area (Å²) < 4.78 is 26.8. The van der Waals surface area contributed by atoms with Gasteiger partial charge in [0.05, 0.1) is 29.5 Å². The molecule has 1 aliphatic carbocycles. The summed E-state index contributed by atoms with van der Waals surface area (Å²) in [6, 6.07) is 7.06. The van der Waals surface area contributed by atoms with Crippen molar-refractivity contribution in [2.24, 2.45) is 0 Å². The lowest BCUT2D eigenvalue weighted by molar-refractivity contribution is -0.124. The van der Waals surface area contributed by atoms with Gasteiger partial charge in [-0.2, -0.15) is 0 Å². The van der Waals surface area contributed by atoms with Crippen LogP contribution < -0.4 is 16.0 Å². The minimum absolute atomic E-state index is 0. The van der Waals surface area contributed by atoms with Crippen LogP contribution in [0.3, 0.4) is 0 Å². The molecule has 3 atom stereocenters. The van der Waals surface area contributed by atoms with Crippen molar-refractivity contribution < 1.29 is 13.6 Å². The number of H-pyrrole nitrogens is 1.